The summed E-state index contributed by atoms with van der Waals surface area (Å²) in [4.78, 5) is 29.3. The average Bonchev–Trinajstić information content (AvgIpc) is 3.20. The van der Waals surface area contributed by atoms with Crippen LogP contribution >= 0.6 is 0 Å². The normalized spacial score (nSPS) is 18.3. The molecule has 2 N–H and O–H groups in total. The SMILES string of the molecule is NC(=O)c1ccc2c(n1)N(C(=O)C1CC1)CCC2. The van der Waals surface area contributed by atoms with Crippen molar-refractivity contribution < 1.29 is 9.59 Å². The number of anilines is 1. The van der Waals surface area contributed by atoms with E-state index in [4.69, 9.17) is 5.73 Å². The first-order valence-electron chi connectivity index (χ1n) is 6.28. The molecule has 0 atom stereocenters. The zero-order chi connectivity index (χ0) is 12.7. The van der Waals surface area contributed by atoms with E-state index in [9.17, 15) is 9.59 Å². The third-order valence-electron chi connectivity index (χ3n) is 3.48. The van der Waals surface area contributed by atoms with Gasteiger partial charge in [-0.2, -0.15) is 0 Å². The van der Waals surface area contributed by atoms with Crippen LogP contribution in [-0.2, 0) is 11.2 Å². The van der Waals surface area contributed by atoms with E-state index >= 15 is 0 Å². The van der Waals surface area contributed by atoms with Gasteiger partial charge in [0.15, 0.2) is 0 Å². The van der Waals surface area contributed by atoms with Gasteiger partial charge in [0, 0.05) is 12.5 Å². The first kappa shape index (κ1) is 11.2. The van der Waals surface area contributed by atoms with Gasteiger partial charge in [-0.05, 0) is 37.3 Å². The number of hydrogen-bond donors (Lipinski definition) is 1. The molecular formula is C13H15N3O2. The lowest BCUT2D eigenvalue weighted by Gasteiger charge is -2.28. The lowest BCUT2D eigenvalue weighted by atomic mass is 10.0. The van der Waals surface area contributed by atoms with Crippen LogP contribution in [0.1, 0.15) is 35.3 Å². The molecule has 18 heavy (non-hydrogen) atoms. The number of fused-ring (bicyclic) bond motifs is 1. The zero-order valence-electron chi connectivity index (χ0n) is 10.1. The molecule has 0 unspecified atom stereocenters. The Morgan fingerprint density at radius 1 is 1.33 bits per heavy atom. The molecule has 0 saturated heterocycles. The van der Waals surface area contributed by atoms with Crippen molar-refractivity contribution in [1.82, 2.24) is 4.98 Å². The summed E-state index contributed by atoms with van der Waals surface area (Å²) >= 11 is 0. The van der Waals surface area contributed by atoms with E-state index in [1.165, 1.54) is 0 Å². The minimum atomic E-state index is -0.554. The molecule has 5 nitrogen and oxygen atoms in total. The molecule has 2 heterocycles. The number of carbonyl (C=O) groups excluding carboxylic acids is 2. The van der Waals surface area contributed by atoms with E-state index in [0.29, 0.717) is 12.4 Å². The highest BCUT2D eigenvalue weighted by Gasteiger charge is 2.36. The molecule has 0 aromatic carbocycles. The van der Waals surface area contributed by atoms with Gasteiger partial charge in [0.25, 0.3) is 5.91 Å². The van der Waals surface area contributed by atoms with Crippen molar-refractivity contribution in [3.63, 3.8) is 0 Å². The molecule has 2 aliphatic rings. The van der Waals surface area contributed by atoms with Crippen molar-refractivity contribution in [2.24, 2.45) is 11.7 Å². The Kier molecular flexibility index (Phi) is 2.54. The van der Waals surface area contributed by atoms with Gasteiger partial charge in [-0.1, -0.05) is 6.07 Å². The van der Waals surface area contributed by atoms with Crippen LogP contribution in [0.3, 0.4) is 0 Å². The molecule has 0 radical (unpaired) electrons. The van der Waals surface area contributed by atoms with E-state index in [1.54, 1.807) is 11.0 Å². The van der Waals surface area contributed by atoms with E-state index in [2.05, 4.69) is 4.98 Å². The summed E-state index contributed by atoms with van der Waals surface area (Å²) in [6.07, 6.45) is 3.79. The Balaban J connectivity index is 1.99. The van der Waals surface area contributed by atoms with Gasteiger partial charge in [0.1, 0.15) is 11.5 Å². The van der Waals surface area contributed by atoms with Crippen molar-refractivity contribution in [2.75, 3.05) is 11.4 Å². The first-order chi connectivity index (χ1) is 8.66. The highest BCUT2D eigenvalue weighted by atomic mass is 16.2. The Morgan fingerprint density at radius 3 is 2.78 bits per heavy atom. The summed E-state index contributed by atoms with van der Waals surface area (Å²) in [7, 11) is 0. The van der Waals surface area contributed by atoms with Crippen molar-refractivity contribution in [3.8, 4) is 0 Å². The molecular weight excluding hydrogens is 230 g/mol. The summed E-state index contributed by atoms with van der Waals surface area (Å²) < 4.78 is 0. The quantitative estimate of drug-likeness (QED) is 0.839. The maximum Gasteiger partial charge on any atom is 0.267 e. The Morgan fingerprint density at radius 2 is 2.11 bits per heavy atom. The van der Waals surface area contributed by atoms with Crippen molar-refractivity contribution in [3.05, 3.63) is 23.4 Å². The molecule has 1 saturated carbocycles. The van der Waals surface area contributed by atoms with Crippen molar-refractivity contribution >= 4 is 17.6 Å². The smallest absolute Gasteiger partial charge is 0.267 e. The first-order valence-corrected chi connectivity index (χ1v) is 6.28. The second kappa shape index (κ2) is 4.08. The fraction of sp³-hybridized carbons (Fsp3) is 0.462. The number of aryl methyl sites for hydroxylation is 1. The van der Waals surface area contributed by atoms with Gasteiger partial charge in [-0.25, -0.2) is 4.98 Å². The number of primary amides is 1. The van der Waals surface area contributed by atoms with Gasteiger partial charge in [0.2, 0.25) is 5.91 Å². The molecule has 94 valence electrons. The highest BCUT2D eigenvalue weighted by Crippen LogP contribution is 2.35. The number of rotatable bonds is 2. The van der Waals surface area contributed by atoms with Crippen LogP contribution in [0.15, 0.2) is 12.1 Å². The number of nitrogens with zero attached hydrogens (tertiary/aromatic N) is 2. The Hall–Kier alpha value is -1.91. The average molecular weight is 245 g/mol. The number of hydrogen-bond acceptors (Lipinski definition) is 3. The predicted molar refractivity (Wildman–Crippen MR) is 66.2 cm³/mol. The summed E-state index contributed by atoms with van der Waals surface area (Å²) in [6.45, 7) is 0.692. The Bertz CT molecular complexity index is 523. The molecule has 0 bridgehead atoms. The predicted octanol–water partition coefficient (Wildman–Crippen LogP) is 0.870. The summed E-state index contributed by atoms with van der Waals surface area (Å²) in [6, 6.07) is 3.49. The lowest BCUT2D eigenvalue weighted by Crippen LogP contribution is -2.37. The van der Waals surface area contributed by atoms with Gasteiger partial charge in [0.05, 0.1) is 0 Å². The van der Waals surface area contributed by atoms with Crippen molar-refractivity contribution in [1.29, 1.82) is 0 Å². The largest absolute Gasteiger partial charge is 0.364 e. The molecule has 1 aliphatic heterocycles. The van der Waals surface area contributed by atoms with Gasteiger partial charge >= 0.3 is 0 Å². The maximum absolute atomic E-state index is 12.2. The van der Waals surface area contributed by atoms with E-state index in [-0.39, 0.29) is 17.5 Å². The van der Waals surface area contributed by atoms with Gasteiger partial charge in [-0.3, -0.25) is 14.5 Å². The van der Waals surface area contributed by atoms with Crippen LogP contribution in [0.5, 0.6) is 0 Å². The third-order valence-corrected chi connectivity index (χ3v) is 3.48. The number of pyridine rings is 1. The number of aromatic nitrogens is 1. The fourth-order valence-corrected chi connectivity index (χ4v) is 2.34. The number of nitrogens with two attached hydrogens (primary N) is 1. The van der Waals surface area contributed by atoms with E-state index in [1.807, 2.05) is 6.07 Å². The molecule has 1 aromatic heterocycles. The molecule has 1 aliphatic carbocycles. The van der Waals surface area contributed by atoms with Crippen LogP contribution in [-0.4, -0.2) is 23.3 Å². The van der Waals surface area contributed by atoms with E-state index < -0.39 is 5.91 Å². The van der Waals surface area contributed by atoms with Crippen LogP contribution in [0.25, 0.3) is 0 Å². The van der Waals surface area contributed by atoms with Crippen LogP contribution in [0, 0.1) is 5.92 Å². The van der Waals surface area contributed by atoms with Crippen molar-refractivity contribution in [2.45, 2.75) is 25.7 Å². The lowest BCUT2D eigenvalue weighted by molar-refractivity contribution is -0.119. The summed E-state index contributed by atoms with van der Waals surface area (Å²) in [5, 5.41) is 0. The fourth-order valence-electron chi connectivity index (χ4n) is 2.34. The molecule has 1 aromatic rings. The Labute approximate surface area is 105 Å². The molecule has 0 spiro atoms. The topological polar surface area (TPSA) is 76.3 Å². The van der Waals surface area contributed by atoms with Gasteiger partial charge in [-0.15, -0.1) is 0 Å². The molecule has 3 rings (SSSR count). The summed E-state index contributed by atoms with van der Waals surface area (Å²) in [5.74, 6) is 0.386. The number of carbonyl (C=O) groups is 2. The molecule has 1 fully saturated rings. The maximum atomic E-state index is 12.2. The summed E-state index contributed by atoms with van der Waals surface area (Å²) in [5.41, 5.74) is 6.49. The van der Waals surface area contributed by atoms with Gasteiger partial charge < -0.3 is 5.73 Å². The van der Waals surface area contributed by atoms with E-state index in [0.717, 1.165) is 31.2 Å². The molecule has 5 heteroatoms. The highest BCUT2D eigenvalue weighted by molar-refractivity contribution is 5.97. The van der Waals surface area contributed by atoms with Crippen LogP contribution in [0.2, 0.25) is 0 Å². The van der Waals surface area contributed by atoms with Crippen LogP contribution in [0.4, 0.5) is 5.82 Å². The zero-order valence-corrected chi connectivity index (χ0v) is 10.1. The number of amides is 2. The minimum Gasteiger partial charge on any atom is -0.364 e. The standard InChI is InChI=1S/C13H15N3O2/c14-11(17)10-6-5-8-2-1-7-16(12(8)15-10)13(18)9-3-4-9/h5-6,9H,1-4,7H2,(H2,14,17). The second-order valence-corrected chi connectivity index (χ2v) is 4.91. The monoisotopic (exact) mass is 245 g/mol. The second-order valence-electron chi connectivity index (χ2n) is 4.91. The minimum absolute atomic E-state index is 0.144. The van der Waals surface area contributed by atoms with Crippen LogP contribution < -0.4 is 10.6 Å². The molecule has 2 amide bonds. The third kappa shape index (κ3) is 1.85.